The summed E-state index contributed by atoms with van der Waals surface area (Å²) < 4.78 is 0. The molecule has 0 aliphatic heterocycles. The molecular weight excluding hydrogens is 288 g/mol. The quantitative estimate of drug-likeness (QED) is 0.674. The van der Waals surface area contributed by atoms with Crippen LogP contribution in [0.5, 0.6) is 0 Å². The second-order valence-corrected chi connectivity index (χ2v) is 5.09. The number of amides is 2. The summed E-state index contributed by atoms with van der Waals surface area (Å²) >= 11 is 0. The first-order valence-corrected chi connectivity index (χ1v) is 6.69. The molecule has 0 radical (unpaired) electrons. The molecule has 1 N–H and O–H groups in total. The van der Waals surface area contributed by atoms with E-state index in [-0.39, 0.29) is 18.4 Å². The van der Waals surface area contributed by atoms with Crippen LogP contribution in [-0.2, 0) is 6.42 Å². The molecule has 0 atom stereocenters. The zero-order valence-corrected chi connectivity index (χ0v) is 14.4. The van der Waals surface area contributed by atoms with Crippen molar-refractivity contribution in [3.63, 3.8) is 0 Å². The fourth-order valence-corrected chi connectivity index (χ4v) is 2.03. The zero-order chi connectivity index (χ0) is 15.3. The lowest BCUT2D eigenvalue weighted by molar-refractivity contribution is 0.259. The van der Waals surface area contributed by atoms with Crippen molar-refractivity contribution in [3.05, 3.63) is 29.3 Å². The summed E-state index contributed by atoms with van der Waals surface area (Å²) in [6, 6.07) is 5.65. The molecule has 0 aliphatic rings. The van der Waals surface area contributed by atoms with E-state index in [1.165, 1.54) is 0 Å². The smallest absolute Gasteiger partial charge is 0.348 e. The number of nitrogens with zero attached hydrogens (tertiary/aromatic N) is 3. The third-order valence-electron chi connectivity index (χ3n) is 2.97. The molecule has 0 aliphatic carbocycles. The van der Waals surface area contributed by atoms with Gasteiger partial charge in [-0.25, -0.2) is 4.79 Å². The number of benzene rings is 1. The number of guanidine groups is 1. The number of hydrogen-bond acceptors (Lipinski definition) is 1. The Bertz CT molecular complexity index is 502. The summed E-state index contributed by atoms with van der Waals surface area (Å²) in [6.07, 6.45) is 0.870. The van der Waals surface area contributed by atoms with Crippen LogP contribution in [0.3, 0.4) is 0 Å². The first kappa shape index (κ1) is 19.2. The fourth-order valence-electron chi connectivity index (χ4n) is 2.03. The minimum atomic E-state index is -0.355. The summed E-state index contributed by atoms with van der Waals surface area (Å²) in [7, 11) is 7.43. The number of hydrogen-bond donors (Lipinski definition) is 1. The highest BCUT2D eigenvalue weighted by Gasteiger charge is 2.11. The second-order valence-electron chi connectivity index (χ2n) is 5.09. The molecule has 0 bridgehead atoms. The standard InChI is InChI=1S/C15H24N4O.ClH/c1-7-12-10-8-9-11(2)13(12)16-14(20)17-15(18(3)4)19(5)6;/h8-10H,7H2,1-6H3,(H,16,20);1H. The Morgan fingerprint density at radius 3 is 2.24 bits per heavy atom. The minimum absolute atomic E-state index is 0. The zero-order valence-electron chi connectivity index (χ0n) is 13.6. The summed E-state index contributed by atoms with van der Waals surface area (Å²) in [6.45, 7) is 4.05. The summed E-state index contributed by atoms with van der Waals surface area (Å²) in [4.78, 5) is 19.8. The van der Waals surface area contributed by atoms with Crippen molar-refractivity contribution in [2.45, 2.75) is 20.3 Å². The molecular formula is C15H25ClN4O. The van der Waals surface area contributed by atoms with Crippen LogP contribution >= 0.6 is 12.4 Å². The average molecular weight is 313 g/mol. The molecule has 1 aromatic carbocycles. The van der Waals surface area contributed by atoms with Crippen molar-refractivity contribution in [2.75, 3.05) is 33.5 Å². The minimum Gasteiger partial charge on any atom is -0.349 e. The van der Waals surface area contributed by atoms with E-state index in [0.29, 0.717) is 5.96 Å². The van der Waals surface area contributed by atoms with Gasteiger partial charge < -0.3 is 15.1 Å². The van der Waals surface area contributed by atoms with Crippen molar-refractivity contribution in [1.29, 1.82) is 0 Å². The molecule has 0 saturated carbocycles. The fraction of sp³-hybridized carbons (Fsp3) is 0.467. The molecule has 0 unspecified atom stereocenters. The van der Waals surface area contributed by atoms with Gasteiger partial charge in [0.05, 0.1) is 0 Å². The van der Waals surface area contributed by atoms with Crippen LogP contribution in [0.25, 0.3) is 0 Å². The predicted octanol–water partition coefficient (Wildman–Crippen LogP) is 2.99. The highest BCUT2D eigenvalue weighted by atomic mass is 35.5. The van der Waals surface area contributed by atoms with Gasteiger partial charge in [0.1, 0.15) is 0 Å². The van der Waals surface area contributed by atoms with Crippen LogP contribution < -0.4 is 5.32 Å². The Labute approximate surface area is 133 Å². The maximum atomic E-state index is 12.1. The monoisotopic (exact) mass is 312 g/mol. The summed E-state index contributed by atoms with van der Waals surface area (Å²) in [5.74, 6) is 0.606. The van der Waals surface area contributed by atoms with Gasteiger partial charge in [0.25, 0.3) is 0 Å². The van der Waals surface area contributed by atoms with E-state index in [2.05, 4.69) is 17.2 Å². The number of urea groups is 1. The topological polar surface area (TPSA) is 47.9 Å². The molecule has 5 nitrogen and oxygen atoms in total. The molecule has 0 spiro atoms. The molecule has 0 heterocycles. The van der Waals surface area contributed by atoms with E-state index < -0.39 is 0 Å². The number of carbonyl (C=O) groups is 1. The normalized spacial score (nSPS) is 9.43. The van der Waals surface area contributed by atoms with Gasteiger partial charge in [-0.2, -0.15) is 4.99 Å². The third-order valence-corrected chi connectivity index (χ3v) is 2.97. The molecule has 0 aromatic heterocycles. The van der Waals surface area contributed by atoms with E-state index in [1.54, 1.807) is 9.80 Å². The maximum Gasteiger partial charge on any atom is 0.348 e. The van der Waals surface area contributed by atoms with Crippen LogP contribution in [0.4, 0.5) is 10.5 Å². The number of anilines is 1. The van der Waals surface area contributed by atoms with Crippen LogP contribution in [0.15, 0.2) is 23.2 Å². The van der Waals surface area contributed by atoms with Crippen molar-refractivity contribution < 1.29 is 4.79 Å². The number of aliphatic imine (C=N–C) groups is 1. The average Bonchev–Trinajstić information content (AvgIpc) is 2.37. The van der Waals surface area contributed by atoms with Gasteiger partial charge in [0, 0.05) is 33.9 Å². The van der Waals surface area contributed by atoms with Gasteiger partial charge in [-0.15, -0.1) is 12.4 Å². The van der Waals surface area contributed by atoms with E-state index in [1.807, 2.05) is 53.3 Å². The Hall–Kier alpha value is -1.75. The molecule has 0 fully saturated rings. The Balaban J connectivity index is 0.00000400. The van der Waals surface area contributed by atoms with E-state index in [9.17, 15) is 4.79 Å². The van der Waals surface area contributed by atoms with Gasteiger partial charge in [-0.3, -0.25) is 0 Å². The number of nitrogens with one attached hydrogen (secondary N) is 1. The van der Waals surface area contributed by atoms with Gasteiger partial charge in [0.15, 0.2) is 0 Å². The number of halogens is 1. The summed E-state index contributed by atoms with van der Waals surface area (Å²) in [5.41, 5.74) is 3.02. The Morgan fingerprint density at radius 1 is 1.19 bits per heavy atom. The Kier molecular flexibility index (Phi) is 7.81. The second kappa shape index (κ2) is 8.52. The molecule has 0 saturated heterocycles. The highest BCUT2D eigenvalue weighted by Crippen LogP contribution is 2.21. The lowest BCUT2D eigenvalue weighted by atomic mass is 10.1. The molecule has 2 amide bonds. The van der Waals surface area contributed by atoms with Gasteiger partial charge in [-0.1, -0.05) is 25.1 Å². The van der Waals surface area contributed by atoms with Crippen LogP contribution in [-0.4, -0.2) is 50.0 Å². The summed E-state index contributed by atoms with van der Waals surface area (Å²) in [5, 5.41) is 2.89. The third kappa shape index (κ3) is 5.27. The van der Waals surface area contributed by atoms with E-state index >= 15 is 0 Å². The van der Waals surface area contributed by atoms with Crippen molar-refractivity contribution >= 4 is 30.1 Å². The highest BCUT2D eigenvalue weighted by molar-refractivity contribution is 5.99. The largest absolute Gasteiger partial charge is 0.349 e. The van der Waals surface area contributed by atoms with E-state index in [0.717, 1.165) is 23.2 Å². The maximum absolute atomic E-state index is 12.1. The number of para-hydroxylation sites is 1. The number of carbonyl (C=O) groups excluding carboxylic acids is 1. The van der Waals surface area contributed by atoms with Crippen LogP contribution in [0, 0.1) is 6.92 Å². The molecule has 21 heavy (non-hydrogen) atoms. The molecule has 1 rings (SSSR count). The van der Waals surface area contributed by atoms with E-state index in [4.69, 9.17) is 0 Å². The lowest BCUT2D eigenvalue weighted by Crippen LogP contribution is -2.36. The van der Waals surface area contributed by atoms with Gasteiger partial charge >= 0.3 is 6.03 Å². The van der Waals surface area contributed by atoms with Crippen LogP contribution in [0.2, 0.25) is 0 Å². The lowest BCUT2D eigenvalue weighted by Gasteiger charge is -2.22. The SMILES string of the molecule is CCc1cccc(C)c1NC(=O)N=C(N(C)C)N(C)C.Cl. The van der Waals surface area contributed by atoms with Crippen molar-refractivity contribution in [1.82, 2.24) is 9.80 Å². The predicted molar refractivity (Wildman–Crippen MR) is 91.6 cm³/mol. The molecule has 118 valence electrons. The van der Waals surface area contributed by atoms with Crippen LogP contribution in [0.1, 0.15) is 18.1 Å². The number of aryl methyl sites for hydroxylation is 2. The van der Waals surface area contributed by atoms with Crippen molar-refractivity contribution in [3.8, 4) is 0 Å². The molecule has 6 heteroatoms. The van der Waals surface area contributed by atoms with Gasteiger partial charge in [-0.05, 0) is 24.5 Å². The first-order valence-electron chi connectivity index (χ1n) is 6.69. The first-order chi connectivity index (χ1) is 9.36. The Morgan fingerprint density at radius 2 is 1.76 bits per heavy atom. The van der Waals surface area contributed by atoms with Gasteiger partial charge in [0.2, 0.25) is 5.96 Å². The van der Waals surface area contributed by atoms with Crippen molar-refractivity contribution in [2.24, 2.45) is 4.99 Å². The molecule has 1 aromatic rings. The number of rotatable bonds is 2.